The third kappa shape index (κ3) is 4.96. The van der Waals surface area contributed by atoms with E-state index in [2.05, 4.69) is 5.32 Å². The first-order chi connectivity index (χ1) is 11.0. The molecule has 122 valence electrons. The van der Waals surface area contributed by atoms with E-state index < -0.39 is 0 Å². The first kappa shape index (κ1) is 17.8. The van der Waals surface area contributed by atoms with Gasteiger partial charge in [-0.15, -0.1) is 0 Å². The Morgan fingerprint density at radius 1 is 1.00 bits per heavy atom. The molecule has 0 saturated heterocycles. The van der Waals surface area contributed by atoms with Crippen LogP contribution in [0.3, 0.4) is 0 Å². The van der Waals surface area contributed by atoms with Gasteiger partial charge in [-0.05, 0) is 31.5 Å². The quantitative estimate of drug-likeness (QED) is 0.821. The maximum atomic E-state index is 12.1. The van der Waals surface area contributed by atoms with Crippen molar-refractivity contribution in [3.63, 3.8) is 0 Å². The van der Waals surface area contributed by atoms with Gasteiger partial charge in [0.1, 0.15) is 6.04 Å². The molecular weight excluding hydrogens is 331 g/mol. The smallest absolute Gasteiger partial charge is 0.275 e. The molecule has 0 radical (unpaired) electrons. The average Bonchev–Trinajstić information content (AvgIpc) is 2.53. The van der Waals surface area contributed by atoms with Crippen LogP contribution in [0.15, 0.2) is 48.5 Å². The van der Waals surface area contributed by atoms with Crippen LogP contribution in [-0.2, 0) is 4.79 Å². The minimum atomic E-state index is -0.125. The minimum absolute atomic E-state index is 0.0312. The number of benzene rings is 2. The molecule has 0 aromatic heterocycles. The number of quaternary nitrogens is 1. The number of hydrogen-bond donors (Lipinski definition) is 2. The number of rotatable bonds is 6. The van der Waals surface area contributed by atoms with Crippen molar-refractivity contribution in [1.82, 2.24) is 5.32 Å². The Hall–Kier alpha value is -1.55. The lowest BCUT2D eigenvalue weighted by Crippen LogP contribution is -2.87. The van der Waals surface area contributed by atoms with Gasteiger partial charge in [-0.3, -0.25) is 4.79 Å². The van der Waals surface area contributed by atoms with Crippen molar-refractivity contribution in [1.29, 1.82) is 0 Å². The molecule has 2 atom stereocenters. The summed E-state index contributed by atoms with van der Waals surface area (Å²) in [6, 6.07) is 15.2. The molecule has 0 spiro atoms. The van der Waals surface area contributed by atoms with Crippen molar-refractivity contribution in [2.75, 3.05) is 6.54 Å². The Morgan fingerprint density at radius 2 is 1.52 bits per heavy atom. The van der Waals surface area contributed by atoms with Crippen molar-refractivity contribution in [3.8, 4) is 0 Å². The molecule has 5 heteroatoms. The molecule has 0 unspecified atom stereocenters. The fourth-order valence-corrected chi connectivity index (χ4v) is 3.07. The Kier molecular flexibility index (Phi) is 6.46. The van der Waals surface area contributed by atoms with Gasteiger partial charge in [0, 0.05) is 15.6 Å². The molecule has 1 amide bonds. The number of halogens is 2. The molecule has 0 saturated carbocycles. The van der Waals surface area contributed by atoms with Crippen molar-refractivity contribution in [2.24, 2.45) is 0 Å². The van der Waals surface area contributed by atoms with Crippen LogP contribution in [-0.4, -0.2) is 12.5 Å². The number of hydrogen-bond acceptors (Lipinski definition) is 1. The lowest BCUT2D eigenvalue weighted by atomic mass is 10.1. The van der Waals surface area contributed by atoms with E-state index in [9.17, 15) is 4.79 Å². The lowest BCUT2D eigenvalue weighted by Gasteiger charge is -2.16. The number of carbonyl (C=O) groups excluding carboxylic acids is 1. The van der Waals surface area contributed by atoms with Crippen LogP contribution in [0, 0.1) is 0 Å². The molecule has 3 nitrogen and oxygen atoms in total. The largest absolute Gasteiger partial charge is 0.345 e. The predicted molar refractivity (Wildman–Crippen MR) is 94.7 cm³/mol. The van der Waals surface area contributed by atoms with E-state index in [0.717, 1.165) is 16.1 Å². The second-order valence-corrected chi connectivity index (χ2v) is 6.38. The maximum absolute atomic E-state index is 12.1. The highest BCUT2D eigenvalue weighted by Gasteiger charge is 2.16. The average molecular weight is 352 g/mol. The summed E-state index contributed by atoms with van der Waals surface area (Å²) < 4.78 is 0. The molecule has 3 N–H and O–H groups in total. The lowest BCUT2D eigenvalue weighted by molar-refractivity contribution is -0.682. The third-order valence-electron chi connectivity index (χ3n) is 3.80. The molecule has 2 rings (SSSR count). The van der Waals surface area contributed by atoms with E-state index in [-0.39, 0.29) is 18.0 Å². The predicted octanol–water partition coefficient (Wildman–Crippen LogP) is 3.50. The monoisotopic (exact) mass is 351 g/mol. The maximum Gasteiger partial charge on any atom is 0.275 e. The van der Waals surface area contributed by atoms with Gasteiger partial charge in [-0.2, -0.15) is 0 Å². The van der Waals surface area contributed by atoms with Crippen LogP contribution in [0.25, 0.3) is 0 Å². The molecule has 0 aliphatic heterocycles. The normalized spacial score (nSPS) is 13.4. The summed E-state index contributed by atoms with van der Waals surface area (Å²) in [5.74, 6) is -0.0312. The van der Waals surface area contributed by atoms with E-state index in [1.165, 1.54) is 0 Å². The van der Waals surface area contributed by atoms with Crippen LogP contribution < -0.4 is 10.6 Å². The zero-order valence-corrected chi connectivity index (χ0v) is 14.7. The van der Waals surface area contributed by atoms with E-state index in [4.69, 9.17) is 23.2 Å². The molecule has 2 aromatic rings. The summed E-state index contributed by atoms with van der Waals surface area (Å²) in [7, 11) is 0. The van der Waals surface area contributed by atoms with Crippen LogP contribution in [0.5, 0.6) is 0 Å². The summed E-state index contributed by atoms with van der Waals surface area (Å²) in [5, 5.41) is 6.32. The summed E-state index contributed by atoms with van der Waals surface area (Å²) in [6.45, 7) is 4.30. The van der Waals surface area contributed by atoms with Gasteiger partial charge in [0.25, 0.3) is 5.91 Å². The zero-order chi connectivity index (χ0) is 16.8. The molecule has 0 aliphatic carbocycles. The van der Waals surface area contributed by atoms with Gasteiger partial charge in [-0.1, -0.05) is 59.6 Å². The highest BCUT2D eigenvalue weighted by atomic mass is 35.5. The SMILES string of the molecule is C[C@H]([NH2+]CC(=O)N[C@H](C)c1ccccc1Cl)c1ccccc1Cl. The van der Waals surface area contributed by atoms with E-state index in [1.807, 2.05) is 67.7 Å². The molecule has 0 fully saturated rings. The molecular formula is C18H21Cl2N2O+. The van der Waals surface area contributed by atoms with Gasteiger partial charge in [0.15, 0.2) is 6.54 Å². The topological polar surface area (TPSA) is 45.7 Å². The molecule has 23 heavy (non-hydrogen) atoms. The van der Waals surface area contributed by atoms with Crippen LogP contribution >= 0.6 is 23.2 Å². The summed E-state index contributed by atoms with van der Waals surface area (Å²) in [6.07, 6.45) is 0. The Bertz CT molecular complexity index is 676. The van der Waals surface area contributed by atoms with E-state index in [1.54, 1.807) is 0 Å². The summed E-state index contributed by atoms with van der Waals surface area (Å²) in [5.41, 5.74) is 1.95. The van der Waals surface area contributed by atoms with Gasteiger partial charge in [-0.25, -0.2) is 0 Å². The fraction of sp³-hybridized carbons (Fsp3) is 0.278. The van der Waals surface area contributed by atoms with E-state index in [0.29, 0.717) is 11.6 Å². The Balaban J connectivity index is 1.88. The van der Waals surface area contributed by atoms with Crippen molar-refractivity contribution in [2.45, 2.75) is 25.9 Å². The van der Waals surface area contributed by atoms with Gasteiger partial charge >= 0.3 is 0 Å². The first-order valence-electron chi connectivity index (χ1n) is 7.60. The van der Waals surface area contributed by atoms with Crippen molar-refractivity contribution < 1.29 is 10.1 Å². The number of carbonyl (C=O) groups is 1. The Labute approximate surface area is 147 Å². The van der Waals surface area contributed by atoms with Crippen molar-refractivity contribution in [3.05, 3.63) is 69.7 Å². The van der Waals surface area contributed by atoms with Crippen LogP contribution in [0.2, 0.25) is 10.0 Å². The zero-order valence-electron chi connectivity index (χ0n) is 13.2. The molecule has 0 heterocycles. The summed E-state index contributed by atoms with van der Waals surface area (Å²) in [4.78, 5) is 12.1. The van der Waals surface area contributed by atoms with Gasteiger partial charge in [0.2, 0.25) is 0 Å². The van der Waals surface area contributed by atoms with Crippen LogP contribution in [0.4, 0.5) is 0 Å². The second kappa shape index (κ2) is 8.34. The number of nitrogens with one attached hydrogen (secondary N) is 1. The number of nitrogens with two attached hydrogens (primary N) is 1. The molecule has 2 aromatic carbocycles. The van der Waals surface area contributed by atoms with E-state index >= 15 is 0 Å². The summed E-state index contributed by atoms with van der Waals surface area (Å²) >= 11 is 12.3. The van der Waals surface area contributed by atoms with Crippen molar-refractivity contribution >= 4 is 29.1 Å². The highest BCUT2D eigenvalue weighted by molar-refractivity contribution is 6.31. The van der Waals surface area contributed by atoms with Gasteiger partial charge in [0.05, 0.1) is 6.04 Å². The van der Waals surface area contributed by atoms with Crippen LogP contribution in [0.1, 0.15) is 37.1 Å². The van der Waals surface area contributed by atoms with Gasteiger partial charge < -0.3 is 10.6 Å². The highest BCUT2D eigenvalue weighted by Crippen LogP contribution is 2.22. The third-order valence-corrected chi connectivity index (χ3v) is 4.49. The number of amides is 1. The minimum Gasteiger partial charge on any atom is -0.345 e. The molecule has 0 bridgehead atoms. The standard InChI is InChI=1S/C18H20Cl2N2O/c1-12(14-7-3-5-9-16(14)19)21-11-18(23)22-13(2)15-8-4-6-10-17(15)20/h3-10,12-13,21H,11H2,1-2H3,(H,22,23)/p+1/t12-,13+/m0/s1. The molecule has 0 aliphatic rings. The second-order valence-electron chi connectivity index (χ2n) is 5.56. The fourth-order valence-electron chi connectivity index (χ4n) is 2.46. The first-order valence-corrected chi connectivity index (χ1v) is 8.36. The Morgan fingerprint density at radius 3 is 2.09 bits per heavy atom.